The van der Waals surface area contributed by atoms with Crippen LogP contribution in [0.5, 0.6) is 0 Å². The van der Waals surface area contributed by atoms with Crippen LogP contribution in [-0.2, 0) is 0 Å². The average Bonchev–Trinajstić information content (AvgIpc) is 2.48. The number of hydrogen-bond donors (Lipinski definition) is 0. The fourth-order valence-corrected chi connectivity index (χ4v) is 3.16. The predicted molar refractivity (Wildman–Crippen MR) is 84.7 cm³/mol. The molecule has 0 N–H and O–H groups in total. The molecule has 1 aliphatic rings. The lowest BCUT2D eigenvalue weighted by molar-refractivity contribution is 0.509. The normalized spacial score (nSPS) is 19.1. The Labute approximate surface area is 127 Å². The van der Waals surface area contributed by atoms with Gasteiger partial charge in [-0.1, -0.05) is 34.1 Å². The number of benzene rings is 2. The molecule has 3 heteroatoms. The lowest BCUT2D eigenvalue weighted by Gasteiger charge is -2.34. The van der Waals surface area contributed by atoms with Crippen LogP contribution >= 0.6 is 15.9 Å². The smallest absolute Gasteiger partial charge is 0.125 e. The molecule has 1 heterocycles. The van der Waals surface area contributed by atoms with Crippen molar-refractivity contribution in [3.8, 4) is 0 Å². The first-order chi connectivity index (χ1) is 9.72. The summed E-state index contributed by atoms with van der Waals surface area (Å²) < 4.78 is 14.5. The van der Waals surface area contributed by atoms with E-state index in [4.69, 9.17) is 0 Å². The molecule has 1 saturated heterocycles. The van der Waals surface area contributed by atoms with Gasteiger partial charge < -0.3 is 4.90 Å². The van der Waals surface area contributed by atoms with Gasteiger partial charge in [-0.05, 0) is 48.7 Å². The van der Waals surface area contributed by atoms with Crippen LogP contribution in [0.25, 0.3) is 0 Å². The van der Waals surface area contributed by atoms with E-state index in [1.807, 2.05) is 6.07 Å². The molecular formula is C17H17BrFN. The van der Waals surface area contributed by atoms with Crippen molar-refractivity contribution in [2.24, 2.45) is 0 Å². The highest BCUT2D eigenvalue weighted by Gasteiger charge is 2.21. The standard InChI is InChI=1S/C17H17BrFN/c18-15-8-6-13(7-9-15)14-3-2-10-20(12-14)17-5-1-4-16(19)11-17/h1,4-9,11,14H,2-3,10,12H2. The molecule has 1 fully saturated rings. The SMILES string of the molecule is Fc1cccc(N2CCCC(c3ccc(Br)cc3)C2)c1. The molecule has 1 atom stereocenters. The minimum atomic E-state index is -0.159. The van der Waals surface area contributed by atoms with Crippen molar-refractivity contribution < 1.29 is 4.39 Å². The maximum atomic E-state index is 13.4. The van der Waals surface area contributed by atoms with Crippen LogP contribution in [0.4, 0.5) is 10.1 Å². The topological polar surface area (TPSA) is 3.24 Å². The van der Waals surface area contributed by atoms with Gasteiger partial charge in [-0.3, -0.25) is 0 Å². The first-order valence-electron chi connectivity index (χ1n) is 6.98. The van der Waals surface area contributed by atoms with Crippen LogP contribution in [0.15, 0.2) is 53.0 Å². The van der Waals surface area contributed by atoms with E-state index >= 15 is 0 Å². The Hall–Kier alpha value is -1.35. The van der Waals surface area contributed by atoms with E-state index in [1.54, 1.807) is 12.1 Å². The number of piperidine rings is 1. The first-order valence-corrected chi connectivity index (χ1v) is 7.77. The van der Waals surface area contributed by atoms with Crippen molar-refractivity contribution in [1.82, 2.24) is 0 Å². The predicted octanol–water partition coefficient (Wildman–Crippen LogP) is 4.97. The summed E-state index contributed by atoms with van der Waals surface area (Å²) in [6.45, 7) is 1.97. The molecule has 0 saturated carbocycles. The van der Waals surface area contributed by atoms with Crippen molar-refractivity contribution in [3.05, 3.63) is 64.4 Å². The van der Waals surface area contributed by atoms with Crippen molar-refractivity contribution in [2.45, 2.75) is 18.8 Å². The fraction of sp³-hybridized carbons (Fsp3) is 0.294. The second-order valence-corrected chi connectivity index (χ2v) is 6.23. The van der Waals surface area contributed by atoms with Gasteiger partial charge in [-0.15, -0.1) is 0 Å². The first kappa shape index (κ1) is 13.6. The molecule has 0 aliphatic carbocycles. The summed E-state index contributed by atoms with van der Waals surface area (Å²) in [6.07, 6.45) is 2.35. The van der Waals surface area contributed by atoms with E-state index in [-0.39, 0.29) is 5.82 Å². The Kier molecular flexibility index (Phi) is 4.06. The van der Waals surface area contributed by atoms with E-state index in [0.717, 1.165) is 29.7 Å². The Morgan fingerprint density at radius 2 is 1.90 bits per heavy atom. The molecule has 2 aromatic rings. The van der Waals surface area contributed by atoms with Crippen LogP contribution in [0.1, 0.15) is 24.3 Å². The molecule has 104 valence electrons. The van der Waals surface area contributed by atoms with Crippen LogP contribution < -0.4 is 4.90 Å². The lowest BCUT2D eigenvalue weighted by atomic mass is 9.90. The van der Waals surface area contributed by atoms with Crippen LogP contribution in [-0.4, -0.2) is 13.1 Å². The highest BCUT2D eigenvalue weighted by Crippen LogP contribution is 2.30. The van der Waals surface area contributed by atoms with Crippen LogP contribution in [0.2, 0.25) is 0 Å². The van der Waals surface area contributed by atoms with Crippen molar-refractivity contribution >= 4 is 21.6 Å². The Morgan fingerprint density at radius 1 is 1.10 bits per heavy atom. The van der Waals surface area contributed by atoms with E-state index in [9.17, 15) is 4.39 Å². The number of rotatable bonds is 2. The van der Waals surface area contributed by atoms with Gasteiger partial charge in [-0.2, -0.15) is 0 Å². The second-order valence-electron chi connectivity index (χ2n) is 5.32. The zero-order valence-electron chi connectivity index (χ0n) is 11.2. The van der Waals surface area contributed by atoms with Gasteiger partial charge in [0.2, 0.25) is 0 Å². The molecule has 1 unspecified atom stereocenters. The van der Waals surface area contributed by atoms with E-state index < -0.39 is 0 Å². The fourth-order valence-electron chi connectivity index (χ4n) is 2.89. The van der Waals surface area contributed by atoms with E-state index in [1.165, 1.54) is 18.1 Å². The number of hydrogen-bond acceptors (Lipinski definition) is 1. The summed E-state index contributed by atoms with van der Waals surface area (Å²) in [4.78, 5) is 2.29. The van der Waals surface area contributed by atoms with Gasteiger partial charge in [-0.25, -0.2) is 4.39 Å². The minimum absolute atomic E-state index is 0.159. The average molecular weight is 334 g/mol. The largest absolute Gasteiger partial charge is 0.371 e. The minimum Gasteiger partial charge on any atom is -0.371 e. The van der Waals surface area contributed by atoms with E-state index in [2.05, 4.69) is 45.1 Å². The third kappa shape index (κ3) is 3.04. The molecule has 0 bridgehead atoms. The summed E-state index contributed by atoms with van der Waals surface area (Å²) in [6, 6.07) is 15.5. The second kappa shape index (κ2) is 5.96. The monoisotopic (exact) mass is 333 g/mol. The summed E-state index contributed by atoms with van der Waals surface area (Å²) in [7, 11) is 0. The Bertz CT molecular complexity index is 582. The van der Waals surface area contributed by atoms with Gasteiger partial charge in [0.05, 0.1) is 0 Å². The summed E-state index contributed by atoms with van der Waals surface area (Å²) in [5.41, 5.74) is 2.36. The summed E-state index contributed by atoms with van der Waals surface area (Å²) in [5.74, 6) is 0.369. The zero-order valence-corrected chi connectivity index (χ0v) is 12.8. The molecule has 2 aromatic carbocycles. The molecule has 0 radical (unpaired) electrons. The van der Waals surface area contributed by atoms with Gasteiger partial charge in [0.1, 0.15) is 5.82 Å². The maximum Gasteiger partial charge on any atom is 0.125 e. The third-order valence-electron chi connectivity index (χ3n) is 3.94. The molecule has 0 amide bonds. The summed E-state index contributed by atoms with van der Waals surface area (Å²) in [5, 5.41) is 0. The van der Waals surface area contributed by atoms with E-state index in [0.29, 0.717) is 5.92 Å². The van der Waals surface area contributed by atoms with Crippen molar-refractivity contribution in [1.29, 1.82) is 0 Å². The number of nitrogens with zero attached hydrogens (tertiary/aromatic N) is 1. The molecule has 3 rings (SSSR count). The molecular weight excluding hydrogens is 317 g/mol. The number of halogens is 2. The Morgan fingerprint density at radius 3 is 2.65 bits per heavy atom. The molecule has 0 spiro atoms. The zero-order chi connectivity index (χ0) is 13.9. The van der Waals surface area contributed by atoms with Crippen LogP contribution in [0.3, 0.4) is 0 Å². The third-order valence-corrected chi connectivity index (χ3v) is 4.46. The van der Waals surface area contributed by atoms with Gasteiger partial charge in [0.15, 0.2) is 0 Å². The van der Waals surface area contributed by atoms with Crippen molar-refractivity contribution in [2.75, 3.05) is 18.0 Å². The molecule has 20 heavy (non-hydrogen) atoms. The maximum absolute atomic E-state index is 13.4. The highest BCUT2D eigenvalue weighted by atomic mass is 79.9. The highest BCUT2D eigenvalue weighted by molar-refractivity contribution is 9.10. The molecule has 1 aliphatic heterocycles. The van der Waals surface area contributed by atoms with Gasteiger partial charge in [0.25, 0.3) is 0 Å². The quantitative estimate of drug-likeness (QED) is 0.749. The number of anilines is 1. The van der Waals surface area contributed by atoms with Crippen molar-refractivity contribution in [3.63, 3.8) is 0 Å². The summed E-state index contributed by atoms with van der Waals surface area (Å²) >= 11 is 3.47. The van der Waals surface area contributed by atoms with Gasteiger partial charge in [0, 0.05) is 29.2 Å². The lowest BCUT2D eigenvalue weighted by Crippen LogP contribution is -2.34. The molecule has 0 aromatic heterocycles. The van der Waals surface area contributed by atoms with Crippen LogP contribution in [0, 0.1) is 5.82 Å². The van der Waals surface area contributed by atoms with Gasteiger partial charge >= 0.3 is 0 Å². The Balaban J connectivity index is 1.78. The molecule has 1 nitrogen and oxygen atoms in total.